The molecule has 1 amide bonds. The predicted molar refractivity (Wildman–Crippen MR) is 78.7 cm³/mol. The number of hydrogen-bond acceptors (Lipinski definition) is 3. The van der Waals surface area contributed by atoms with Gasteiger partial charge in [-0.05, 0) is 23.8 Å². The van der Waals surface area contributed by atoms with Crippen LogP contribution in [0.2, 0.25) is 0 Å². The number of aromatic nitrogens is 1. The van der Waals surface area contributed by atoms with E-state index in [0.29, 0.717) is 12.1 Å². The minimum atomic E-state index is -5.53. The Morgan fingerprint density at radius 2 is 1.75 bits per heavy atom. The second-order valence-electron chi connectivity index (χ2n) is 5.73. The molecule has 0 fully saturated rings. The van der Waals surface area contributed by atoms with E-state index >= 15 is 0 Å². The number of amides is 1. The Hall–Kier alpha value is -2.23. The Labute approximate surface area is 136 Å². The van der Waals surface area contributed by atoms with Gasteiger partial charge < -0.3 is 9.47 Å². The maximum Gasteiger partial charge on any atom is 0.517 e. The summed E-state index contributed by atoms with van der Waals surface area (Å²) in [4.78, 5) is 14.1. The number of alkyl halides is 3. The number of halogens is 3. The monoisotopic (exact) mass is 361 g/mol. The van der Waals surface area contributed by atoms with E-state index < -0.39 is 20.9 Å². The minimum Gasteiger partial charge on any atom is -0.353 e. The van der Waals surface area contributed by atoms with Gasteiger partial charge in [-0.2, -0.15) is 21.6 Å². The lowest BCUT2D eigenvalue weighted by atomic mass is 9.76. The summed E-state index contributed by atoms with van der Waals surface area (Å²) in [6, 6.07) is 1.71. The summed E-state index contributed by atoms with van der Waals surface area (Å²) in [5, 5.41) is 0. The van der Waals surface area contributed by atoms with Crippen molar-refractivity contribution >= 4 is 15.9 Å². The molecule has 0 radical (unpaired) electrons. The van der Waals surface area contributed by atoms with E-state index in [9.17, 15) is 26.4 Å². The van der Waals surface area contributed by atoms with E-state index in [1.165, 1.54) is 17.1 Å². The molecule has 24 heavy (non-hydrogen) atoms. The summed E-state index contributed by atoms with van der Waals surface area (Å²) in [5.41, 5.74) is -5.26. The Kier molecular flexibility index (Phi) is 3.38. The van der Waals surface area contributed by atoms with Crippen LogP contribution in [-0.4, -0.2) is 40.7 Å². The topological polar surface area (TPSA) is 62.6 Å². The number of hydrogen-bond donors (Lipinski definition) is 0. The molecule has 2 aliphatic heterocycles. The lowest BCUT2D eigenvalue weighted by Crippen LogP contribution is -2.49. The van der Waals surface area contributed by atoms with Crippen molar-refractivity contribution in [2.24, 2.45) is 7.05 Å². The first-order chi connectivity index (χ1) is 11.0. The number of aryl methyl sites for hydroxylation is 1. The number of fused-ring (bicyclic) bond motifs is 2. The normalized spacial score (nSPS) is 20.0. The number of rotatable bonds is 1. The molecule has 1 aromatic heterocycles. The van der Waals surface area contributed by atoms with Gasteiger partial charge in [-0.25, -0.2) is 4.31 Å². The molecule has 0 atom stereocenters. The summed E-state index contributed by atoms with van der Waals surface area (Å²) < 4.78 is 62.8. The predicted octanol–water partition coefficient (Wildman–Crippen LogP) is 1.43. The number of nitrogens with zero attached hydrogens (tertiary/aromatic N) is 3. The summed E-state index contributed by atoms with van der Waals surface area (Å²) in [7, 11) is -2.15. The van der Waals surface area contributed by atoms with E-state index in [1.807, 2.05) is 4.57 Å². The van der Waals surface area contributed by atoms with Crippen LogP contribution in [0.25, 0.3) is 0 Å². The fraction of sp³-hybridized carbons (Fsp3) is 0.357. The molecule has 6 nitrogen and oxygen atoms in total. The van der Waals surface area contributed by atoms with Crippen molar-refractivity contribution in [2.45, 2.75) is 17.5 Å². The smallest absolute Gasteiger partial charge is 0.353 e. The minimum absolute atomic E-state index is 0.0722. The van der Waals surface area contributed by atoms with E-state index in [2.05, 4.69) is 0 Å². The molecule has 2 aliphatic rings. The Bertz CT molecular complexity index is 854. The Morgan fingerprint density at radius 1 is 1.17 bits per heavy atom. The van der Waals surface area contributed by atoms with Crippen LogP contribution < -0.4 is 0 Å². The lowest BCUT2D eigenvalue weighted by molar-refractivity contribution is -0.134. The van der Waals surface area contributed by atoms with Gasteiger partial charge in [-0.1, -0.05) is 0 Å². The van der Waals surface area contributed by atoms with Crippen molar-refractivity contribution in [3.8, 4) is 0 Å². The summed E-state index contributed by atoms with van der Waals surface area (Å²) in [6.07, 6.45) is 5.67. The standard InChI is InChI=1S/C14H14F3N3O3S/c1-18-6-3-10-11(18)9-19(2)12(21)13(10)4-7-20(8-5-13)24(22,23)14(15,16)17/h3-8H,9H2,1-2H3. The van der Waals surface area contributed by atoms with Crippen molar-refractivity contribution in [2.75, 3.05) is 7.05 Å². The van der Waals surface area contributed by atoms with Gasteiger partial charge in [0.2, 0.25) is 5.91 Å². The van der Waals surface area contributed by atoms with Crippen LogP contribution in [0.15, 0.2) is 36.8 Å². The highest BCUT2D eigenvalue weighted by Gasteiger charge is 2.51. The van der Waals surface area contributed by atoms with Crippen molar-refractivity contribution in [3.05, 3.63) is 48.1 Å². The first kappa shape index (κ1) is 16.6. The van der Waals surface area contributed by atoms with Gasteiger partial charge >= 0.3 is 15.5 Å². The third-order valence-electron chi connectivity index (χ3n) is 4.27. The molecule has 0 aliphatic carbocycles. The molecule has 0 aromatic carbocycles. The zero-order valence-electron chi connectivity index (χ0n) is 12.8. The first-order valence-corrected chi connectivity index (χ1v) is 8.33. The van der Waals surface area contributed by atoms with Crippen LogP contribution in [0.5, 0.6) is 0 Å². The third kappa shape index (κ3) is 2.09. The molecule has 3 rings (SSSR count). The maximum absolute atomic E-state index is 12.7. The molecule has 0 unspecified atom stereocenters. The van der Waals surface area contributed by atoms with Crippen LogP contribution in [0.3, 0.4) is 0 Å². The third-order valence-corrected chi connectivity index (χ3v) is 5.66. The zero-order valence-corrected chi connectivity index (χ0v) is 13.6. The second kappa shape index (κ2) is 4.88. The highest BCUT2D eigenvalue weighted by Crippen LogP contribution is 2.40. The van der Waals surface area contributed by atoms with Gasteiger partial charge in [0.05, 0.1) is 6.54 Å². The summed E-state index contributed by atoms with van der Waals surface area (Å²) in [5.74, 6) is -0.335. The molecular weight excluding hydrogens is 347 g/mol. The van der Waals surface area contributed by atoms with Crippen molar-refractivity contribution in [1.29, 1.82) is 0 Å². The first-order valence-electron chi connectivity index (χ1n) is 6.89. The molecule has 3 heterocycles. The molecule has 1 spiro atoms. The van der Waals surface area contributed by atoms with Gasteiger partial charge in [0.25, 0.3) is 0 Å². The second-order valence-corrected chi connectivity index (χ2v) is 7.56. The van der Waals surface area contributed by atoms with Gasteiger partial charge in [0.1, 0.15) is 5.41 Å². The fourth-order valence-corrected chi connectivity index (χ4v) is 3.63. The highest BCUT2D eigenvalue weighted by molar-refractivity contribution is 7.90. The highest BCUT2D eigenvalue weighted by atomic mass is 32.2. The summed E-state index contributed by atoms with van der Waals surface area (Å²) in [6.45, 7) is 0.367. The number of sulfonamides is 1. The van der Waals surface area contributed by atoms with Crippen LogP contribution in [0.1, 0.15) is 11.3 Å². The molecule has 1 aromatic rings. The molecule has 0 saturated heterocycles. The molecule has 0 saturated carbocycles. The van der Waals surface area contributed by atoms with Crippen molar-refractivity contribution in [3.63, 3.8) is 0 Å². The SMILES string of the molecule is CN1Cc2c(ccn2C)C2(C=CN(S(=O)(=O)C(F)(F)F)C=C2)C1=O. The van der Waals surface area contributed by atoms with E-state index in [4.69, 9.17) is 0 Å². The van der Waals surface area contributed by atoms with Gasteiger partial charge in [0.15, 0.2) is 0 Å². The number of carbonyl (C=O) groups excluding carboxylic acids is 1. The average molecular weight is 361 g/mol. The lowest BCUT2D eigenvalue weighted by Gasteiger charge is -2.39. The summed E-state index contributed by atoms with van der Waals surface area (Å²) >= 11 is 0. The van der Waals surface area contributed by atoms with Crippen LogP contribution >= 0.6 is 0 Å². The van der Waals surface area contributed by atoms with E-state index in [0.717, 1.165) is 18.1 Å². The Morgan fingerprint density at radius 3 is 2.29 bits per heavy atom. The van der Waals surface area contributed by atoms with E-state index in [1.54, 1.807) is 26.4 Å². The zero-order chi connectivity index (χ0) is 17.9. The maximum atomic E-state index is 12.7. The largest absolute Gasteiger partial charge is 0.517 e. The van der Waals surface area contributed by atoms with Gasteiger partial charge in [-0.15, -0.1) is 0 Å². The number of carbonyl (C=O) groups is 1. The molecule has 0 N–H and O–H groups in total. The van der Waals surface area contributed by atoms with Crippen LogP contribution in [0.4, 0.5) is 13.2 Å². The number of likely N-dealkylation sites (N-methyl/N-ethyl adjacent to an activating group) is 1. The van der Waals surface area contributed by atoms with Gasteiger partial charge in [0, 0.05) is 38.4 Å². The van der Waals surface area contributed by atoms with E-state index in [-0.39, 0.29) is 10.2 Å². The molecular formula is C14H14F3N3O3S. The van der Waals surface area contributed by atoms with Crippen molar-refractivity contribution < 1.29 is 26.4 Å². The molecule has 130 valence electrons. The van der Waals surface area contributed by atoms with Crippen LogP contribution in [0, 0.1) is 0 Å². The molecule has 10 heteroatoms. The van der Waals surface area contributed by atoms with Gasteiger partial charge in [-0.3, -0.25) is 4.79 Å². The quantitative estimate of drug-likeness (QED) is 0.760. The average Bonchev–Trinajstić information content (AvgIpc) is 2.86. The Balaban J connectivity index is 2.08. The fourth-order valence-electron chi connectivity index (χ4n) is 2.95. The molecule has 0 bridgehead atoms. The van der Waals surface area contributed by atoms with Crippen molar-refractivity contribution in [1.82, 2.24) is 13.8 Å². The van der Waals surface area contributed by atoms with Crippen LogP contribution in [-0.2, 0) is 33.8 Å².